The van der Waals surface area contributed by atoms with E-state index in [4.69, 9.17) is 4.74 Å². The van der Waals surface area contributed by atoms with E-state index < -0.39 is 0 Å². The number of hydrogen-bond donors (Lipinski definition) is 0. The molecule has 2 heteroatoms. The topological polar surface area (TPSA) is 12.5 Å². The first-order valence-corrected chi connectivity index (χ1v) is 5.12. The fourth-order valence-electron chi connectivity index (χ4n) is 1.38. The van der Waals surface area contributed by atoms with E-state index in [1.165, 1.54) is 12.5 Å². The average Bonchev–Trinajstić information content (AvgIpc) is 2.41. The number of ether oxygens (including phenoxy) is 1. The molecule has 2 unspecified atom stereocenters. The van der Waals surface area contributed by atoms with Crippen molar-refractivity contribution in [2.24, 2.45) is 0 Å². The molecule has 2 rings (SSSR count). The summed E-state index contributed by atoms with van der Waals surface area (Å²) in [6, 6.07) is 3.02. The number of rotatable bonds is 0. The molecule has 1 nitrogen and oxygen atoms in total. The lowest BCUT2D eigenvalue weighted by Gasteiger charge is -1.99. The summed E-state index contributed by atoms with van der Waals surface area (Å²) in [5, 5.41) is 0. The van der Waals surface area contributed by atoms with Crippen molar-refractivity contribution in [3.8, 4) is 0 Å². The summed E-state index contributed by atoms with van der Waals surface area (Å²) in [5.41, 5.74) is 0. The minimum Gasteiger partial charge on any atom is -0.370 e. The Bertz CT molecular complexity index is 74.1. The van der Waals surface area contributed by atoms with Gasteiger partial charge in [0.25, 0.3) is 0 Å². The lowest BCUT2D eigenvalue weighted by atomic mass is 10.3. The van der Waals surface area contributed by atoms with Gasteiger partial charge < -0.3 is 4.74 Å². The van der Waals surface area contributed by atoms with Crippen LogP contribution in [-0.2, 0) is 4.74 Å². The van der Waals surface area contributed by atoms with Gasteiger partial charge in [-0.3, -0.25) is 0 Å². The molecule has 0 saturated carbocycles. The Hall–Kier alpha value is 0.177. The fraction of sp³-hybridized carbons (Fsp3) is 1.00. The average molecular weight is 114 g/mol. The molecule has 40 valence electrons. The van der Waals surface area contributed by atoms with Crippen molar-refractivity contribution in [3.05, 3.63) is 0 Å². The molecule has 2 atom stereocenters. The smallest absolute Gasteiger partial charge is 0.0835 e. The van der Waals surface area contributed by atoms with Gasteiger partial charge in [0.05, 0.1) is 12.2 Å². The van der Waals surface area contributed by atoms with Crippen LogP contribution in [0, 0.1) is 0 Å². The van der Waals surface area contributed by atoms with Crippen LogP contribution >= 0.6 is 0 Å². The highest BCUT2D eigenvalue weighted by Crippen LogP contribution is 2.33. The van der Waals surface area contributed by atoms with Gasteiger partial charge >= 0.3 is 0 Å². The first kappa shape index (κ1) is 4.10. The summed E-state index contributed by atoms with van der Waals surface area (Å²) in [4.78, 5) is 0. The normalized spacial score (nSPS) is 51.4. The van der Waals surface area contributed by atoms with Crippen molar-refractivity contribution in [2.45, 2.75) is 30.7 Å². The van der Waals surface area contributed by atoms with Gasteiger partial charge in [-0.25, -0.2) is 0 Å². The Balaban J connectivity index is 1.95. The second-order valence-corrected chi connectivity index (χ2v) is 4.49. The van der Waals surface area contributed by atoms with Gasteiger partial charge in [-0.05, 0) is 12.5 Å². The van der Waals surface area contributed by atoms with Crippen molar-refractivity contribution in [1.82, 2.24) is 0 Å². The second kappa shape index (κ2) is 1.33. The van der Waals surface area contributed by atoms with Crippen LogP contribution in [0.2, 0.25) is 12.1 Å². The molecule has 0 aromatic rings. The van der Waals surface area contributed by atoms with Crippen molar-refractivity contribution in [3.63, 3.8) is 0 Å². The summed E-state index contributed by atoms with van der Waals surface area (Å²) in [5.74, 6) is 0. The van der Waals surface area contributed by atoms with E-state index in [1.54, 1.807) is 6.04 Å². The highest BCUT2D eigenvalue weighted by Gasteiger charge is 2.39. The highest BCUT2D eigenvalue weighted by atomic mass is 28.2. The Kier molecular flexibility index (Phi) is 0.775. The van der Waals surface area contributed by atoms with E-state index in [9.17, 15) is 0 Å². The van der Waals surface area contributed by atoms with Crippen LogP contribution in [0.5, 0.6) is 0 Å². The third-order valence-corrected chi connectivity index (χ3v) is 3.80. The minimum absolute atomic E-state index is 0.378. The zero-order valence-electron chi connectivity index (χ0n) is 4.39. The van der Waals surface area contributed by atoms with Gasteiger partial charge in [0.15, 0.2) is 0 Å². The second-order valence-electron chi connectivity index (χ2n) is 2.50. The Morgan fingerprint density at radius 1 is 1.43 bits per heavy atom. The molecule has 0 N–H and O–H groups in total. The first-order chi connectivity index (χ1) is 3.47. The summed E-state index contributed by atoms with van der Waals surface area (Å²) < 4.78 is 5.31. The van der Waals surface area contributed by atoms with Gasteiger partial charge in [-0.15, -0.1) is 0 Å². The molecule has 2 saturated heterocycles. The van der Waals surface area contributed by atoms with E-state index in [2.05, 4.69) is 0 Å². The van der Waals surface area contributed by atoms with Gasteiger partial charge in [0.1, 0.15) is 0 Å². The molecule has 0 aromatic heterocycles. The van der Waals surface area contributed by atoms with Crippen LogP contribution in [0.4, 0.5) is 0 Å². The van der Waals surface area contributed by atoms with E-state index >= 15 is 0 Å². The molecule has 0 aliphatic carbocycles. The third kappa shape index (κ3) is 0.621. The van der Waals surface area contributed by atoms with Gasteiger partial charge in [0.2, 0.25) is 0 Å². The van der Waals surface area contributed by atoms with E-state index in [-0.39, 0.29) is 0 Å². The predicted molar refractivity (Wildman–Crippen MR) is 31.4 cm³/mol. The summed E-state index contributed by atoms with van der Waals surface area (Å²) in [6.07, 6.45) is 2.90. The highest BCUT2D eigenvalue weighted by molar-refractivity contribution is 6.36. The number of fused-ring (bicyclic) bond motifs is 1. The van der Waals surface area contributed by atoms with E-state index in [0.29, 0.717) is 9.52 Å². The van der Waals surface area contributed by atoms with Crippen LogP contribution in [0.1, 0.15) is 6.42 Å². The minimum atomic E-state index is 0.378. The molecule has 0 bridgehead atoms. The Labute approximate surface area is 45.9 Å². The van der Waals surface area contributed by atoms with Crippen molar-refractivity contribution in [2.75, 3.05) is 0 Å². The molecule has 7 heavy (non-hydrogen) atoms. The molecular weight excluding hydrogens is 104 g/mol. The maximum Gasteiger partial charge on any atom is 0.0835 e. The summed E-state index contributed by atoms with van der Waals surface area (Å²) in [7, 11) is 0.378. The van der Waals surface area contributed by atoms with Crippen molar-refractivity contribution in [1.29, 1.82) is 0 Å². The molecule has 0 radical (unpaired) electrons. The Morgan fingerprint density at radius 3 is 3.00 bits per heavy atom. The molecular formula is C5H10OSi. The van der Waals surface area contributed by atoms with Crippen LogP contribution in [0.3, 0.4) is 0 Å². The van der Waals surface area contributed by atoms with Gasteiger partial charge in [-0.1, -0.05) is 6.04 Å². The van der Waals surface area contributed by atoms with Crippen LogP contribution in [-0.4, -0.2) is 21.7 Å². The molecule has 2 heterocycles. The van der Waals surface area contributed by atoms with Gasteiger partial charge in [0, 0.05) is 9.52 Å². The molecule has 2 aliphatic rings. The molecule has 0 spiro atoms. The lowest BCUT2D eigenvalue weighted by molar-refractivity contribution is 0.379. The van der Waals surface area contributed by atoms with Crippen molar-refractivity contribution < 1.29 is 4.74 Å². The standard InChI is InChI=1S/C5H10OSi/c1-2-7-3-5-4(1)6-5/h4-5H,1-3,7H2. The predicted octanol–water partition coefficient (Wildman–Crippen LogP) is 0.163. The van der Waals surface area contributed by atoms with Gasteiger partial charge in [-0.2, -0.15) is 0 Å². The fourth-order valence-corrected chi connectivity index (χ4v) is 3.27. The Morgan fingerprint density at radius 2 is 2.43 bits per heavy atom. The van der Waals surface area contributed by atoms with E-state index in [1.807, 2.05) is 0 Å². The SMILES string of the molecule is C1CC2OC2C[SiH2]1. The maximum absolute atomic E-state index is 5.31. The van der Waals surface area contributed by atoms with Crippen LogP contribution in [0.25, 0.3) is 0 Å². The molecule has 2 aliphatic heterocycles. The molecule has 0 aromatic carbocycles. The monoisotopic (exact) mass is 114 g/mol. The molecule has 0 amide bonds. The summed E-state index contributed by atoms with van der Waals surface area (Å²) in [6.45, 7) is 0. The zero-order valence-corrected chi connectivity index (χ0v) is 5.81. The first-order valence-electron chi connectivity index (χ1n) is 3.12. The van der Waals surface area contributed by atoms with Crippen molar-refractivity contribution >= 4 is 9.52 Å². The third-order valence-electron chi connectivity index (χ3n) is 1.91. The van der Waals surface area contributed by atoms with Crippen LogP contribution < -0.4 is 0 Å². The van der Waals surface area contributed by atoms with E-state index in [0.717, 1.165) is 12.2 Å². The quantitative estimate of drug-likeness (QED) is 0.323. The maximum atomic E-state index is 5.31. The number of hydrogen-bond acceptors (Lipinski definition) is 1. The largest absolute Gasteiger partial charge is 0.370 e. The molecule has 2 fully saturated rings. The zero-order chi connectivity index (χ0) is 4.69. The lowest BCUT2D eigenvalue weighted by Crippen LogP contribution is -2.06. The van der Waals surface area contributed by atoms with Crippen LogP contribution in [0.15, 0.2) is 0 Å². The number of epoxide rings is 1. The summed E-state index contributed by atoms with van der Waals surface area (Å²) >= 11 is 0.